The summed E-state index contributed by atoms with van der Waals surface area (Å²) in [7, 11) is 0. The zero-order valence-electron chi connectivity index (χ0n) is 9.68. The van der Waals surface area contributed by atoms with Crippen molar-refractivity contribution in [3.63, 3.8) is 0 Å². The lowest BCUT2D eigenvalue weighted by Gasteiger charge is -2.23. The first-order valence-electron chi connectivity index (χ1n) is 5.65. The van der Waals surface area contributed by atoms with Crippen molar-refractivity contribution >= 4 is 5.69 Å². The van der Waals surface area contributed by atoms with Crippen LogP contribution in [0, 0.1) is 5.82 Å². The standard InChI is InChI=1S/C12H17FN2O2/c1-7(14)9-4-8(13)2-3-10(9)15-5-11(16)12(17)6-15/h2-4,7,11-12,16-17H,5-6,14H2,1H3/t7-,11?,12?/m0/s1. The molecule has 3 atom stereocenters. The van der Waals surface area contributed by atoms with Gasteiger partial charge in [0, 0.05) is 24.8 Å². The summed E-state index contributed by atoms with van der Waals surface area (Å²) >= 11 is 0. The minimum atomic E-state index is -0.763. The van der Waals surface area contributed by atoms with E-state index in [1.807, 2.05) is 4.90 Å². The molecule has 1 heterocycles. The van der Waals surface area contributed by atoms with Gasteiger partial charge in [0.2, 0.25) is 0 Å². The fourth-order valence-electron chi connectivity index (χ4n) is 2.14. The highest BCUT2D eigenvalue weighted by atomic mass is 19.1. The Morgan fingerprint density at radius 1 is 1.35 bits per heavy atom. The van der Waals surface area contributed by atoms with Crippen LogP contribution in [0.3, 0.4) is 0 Å². The SMILES string of the molecule is C[C@H](N)c1cc(F)ccc1N1CC(O)C(O)C1. The number of hydrogen-bond donors (Lipinski definition) is 3. The van der Waals surface area contributed by atoms with Crippen LogP contribution in [0.25, 0.3) is 0 Å². The maximum atomic E-state index is 13.2. The average molecular weight is 240 g/mol. The number of hydrogen-bond acceptors (Lipinski definition) is 4. The molecule has 0 radical (unpaired) electrons. The van der Waals surface area contributed by atoms with E-state index < -0.39 is 12.2 Å². The van der Waals surface area contributed by atoms with E-state index in [4.69, 9.17) is 5.73 Å². The second-order valence-corrected chi connectivity index (χ2v) is 4.53. The Hall–Kier alpha value is -1.17. The van der Waals surface area contributed by atoms with Crippen molar-refractivity contribution < 1.29 is 14.6 Å². The minimum absolute atomic E-state index is 0.296. The summed E-state index contributed by atoms with van der Waals surface area (Å²) < 4.78 is 13.2. The van der Waals surface area contributed by atoms with E-state index in [-0.39, 0.29) is 11.9 Å². The Balaban J connectivity index is 2.32. The number of nitrogens with two attached hydrogens (primary N) is 1. The van der Waals surface area contributed by atoms with Crippen molar-refractivity contribution in [1.82, 2.24) is 0 Å². The lowest BCUT2D eigenvalue weighted by Crippen LogP contribution is -2.24. The van der Waals surface area contributed by atoms with Gasteiger partial charge in [-0.1, -0.05) is 0 Å². The first-order chi connectivity index (χ1) is 7.99. The summed E-state index contributed by atoms with van der Waals surface area (Å²) in [5, 5.41) is 19.0. The molecule has 5 heteroatoms. The molecule has 2 unspecified atom stereocenters. The van der Waals surface area contributed by atoms with Crippen LogP contribution in [-0.4, -0.2) is 35.5 Å². The van der Waals surface area contributed by atoms with Gasteiger partial charge in [-0.15, -0.1) is 0 Å². The predicted molar refractivity (Wildman–Crippen MR) is 63.2 cm³/mol. The van der Waals surface area contributed by atoms with Crippen molar-refractivity contribution in [2.45, 2.75) is 25.2 Å². The molecule has 1 aliphatic heterocycles. The quantitative estimate of drug-likeness (QED) is 0.699. The molecule has 0 aromatic heterocycles. The largest absolute Gasteiger partial charge is 0.389 e. The van der Waals surface area contributed by atoms with Gasteiger partial charge in [0.05, 0.1) is 12.2 Å². The summed E-state index contributed by atoms with van der Waals surface area (Å²) in [4.78, 5) is 1.83. The normalized spacial score (nSPS) is 26.3. The maximum absolute atomic E-state index is 13.2. The second kappa shape index (κ2) is 4.60. The Morgan fingerprint density at radius 2 is 1.94 bits per heavy atom. The Labute approximate surface area is 99.5 Å². The van der Waals surface area contributed by atoms with Crippen LogP contribution >= 0.6 is 0 Å². The van der Waals surface area contributed by atoms with Crippen molar-refractivity contribution in [1.29, 1.82) is 0 Å². The van der Waals surface area contributed by atoms with Crippen LogP contribution in [0.4, 0.5) is 10.1 Å². The van der Waals surface area contributed by atoms with Gasteiger partial charge in [-0.2, -0.15) is 0 Å². The van der Waals surface area contributed by atoms with E-state index >= 15 is 0 Å². The lowest BCUT2D eigenvalue weighted by molar-refractivity contribution is 0.0572. The lowest BCUT2D eigenvalue weighted by atomic mass is 10.1. The van der Waals surface area contributed by atoms with Gasteiger partial charge in [0.1, 0.15) is 5.82 Å². The molecule has 0 bridgehead atoms. The van der Waals surface area contributed by atoms with Crippen LogP contribution in [0.2, 0.25) is 0 Å². The Morgan fingerprint density at radius 3 is 2.47 bits per heavy atom. The molecule has 0 aliphatic carbocycles. The number of halogens is 1. The number of aliphatic hydroxyl groups excluding tert-OH is 2. The van der Waals surface area contributed by atoms with Gasteiger partial charge in [0.15, 0.2) is 0 Å². The summed E-state index contributed by atoms with van der Waals surface area (Å²) in [5.41, 5.74) is 7.26. The summed E-state index contributed by atoms with van der Waals surface area (Å²) in [6.07, 6.45) is -1.53. The number of aliphatic hydroxyl groups is 2. The highest BCUT2D eigenvalue weighted by molar-refractivity contribution is 5.56. The molecule has 1 saturated heterocycles. The van der Waals surface area contributed by atoms with Gasteiger partial charge in [-0.25, -0.2) is 4.39 Å². The molecule has 94 valence electrons. The number of rotatable bonds is 2. The molecule has 17 heavy (non-hydrogen) atoms. The molecule has 4 N–H and O–H groups in total. The van der Waals surface area contributed by atoms with E-state index in [9.17, 15) is 14.6 Å². The average Bonchev–Trinajstić information content (AvgIpc) is 2.59. The highest BCUT2D eigenvalue weighted by Gasteiger charge is 2.31. The molecule has 1 aromatic rings. The van der Waals surface area contributed by atoms with E-state index in [0.717, 1.165) is 5.69 Å². The van der Waals surface area contributed by atoms with Gasteiger partial charge >= 0.3 is 0 Å². The first kappa shape index (κ1) is 12.3. The third-order valence-electron chi connectivity index (χ3n) is 3.08. The number of β-amino-alcohol motifs (C(OH)–C–C–N with tert-alkyl or cyclic N) is 2. The van der Waals surface area contributed by atoms with Crippen LogP contribution in [0.15, 0.2) is 18.2 Å². The van der Waals surface area contributed by atoms with Crippen molar-refractivity contribution in [2.24, 2.45) is 5.73 Å². The Bertz CT molecular complexity index is 401. The second-order valence-electron chi connectivity index (χ2n) is 4.53. The fraction of sp³-hybridized carbons (Fsp3) is 0.500. The zero-order chi connectivity index (χ0) is 12.6. The maximum Gasteiger partial charge on any atom is 0.123 e. The van der Waals surface area contributed by atoms with Crippen LogP contribution in [0.5, 0.6) is 0 Å². The van der Waals surface area contributed by atoms with Gasteiger partial charge < -0.3 is 20.8 Å². The molecule has 1 fully saturated rings. The summed E-state index contributed by atoms with van der Waals surface area (Å²) in [5.74, 6) is -0.332. The van der Waals surface area contributed by atoms with Crippen LogP contribution < -0.4 is 10.6 Å². The molecular weight excluding hydrogens is 223 g/mol. The third-order valence-corrected chi connectivity index (χ3v) is 3.08. The molecule has 1 aromatic carbocycles. The molecule has 0 spiro atoms. The van der Waals surface area contributed by atoms with E-state index in [2.05, 4.69) is 0 Å². The molecule has 0 saturated carbocycles. The fourth-order valence-corrected chi connectivity index (χ4v) is 2.14. The molecule has 4 nitrogen and oxygen atoms in total. The number of anilines is 1. The topological polar surface area (TPSA) is 69.7 Å². The van der Waals surface area contributed by atoms with Crippen LogP contribution in [-0.2, 0) is 0 Å². The van der Waals surface area contributed by atoms with Gasteiger partial charge in [-0.05, 0) is 30.7 Å². The molecule has 0 amide bonds. The van der Waals surface area contributed by atoms with Crippen molar-refractivity contribution in [3.05, 3.63) is 29.6 Å². The van der Waals surface area contributed by atoms with E-state index in [0.29, 0.717) is 18.7 Å². The monoisotopic (exact) mass is 240 g/mol. The van der Waals surface area contributed by atoms with Crippen molar-refractivity contribution in [3.8, 4) is 0 Å². The van der Waals surface area contributed by atoms with E-state index in [1.165, 1.54) is 12.1 Å². The molecule has 1 aliphatic rings. The summed E-state index contributed by atoms with van der Waals surface area (Å²) in [6.45, 7) is 2.46. The Kier molecular flexibility index (Phi) is 3.33. The molecular formula is C12H17FN2O2. The van der Waals surface area contributed by atoms with Crippen LogP contribution in [0.1, 0.15) is 18.5 Å². The number of nitrogens with zero attached hydrogens (tertiary/aromatic N) is 1. The smallest absolute Gasteiger partial charge is 0.123 e. The summed E-state index contributed by atoms with van der Waals surface area (Å²) in [6, 6.07) is 4.10. The first-order valence-corrected chi connectivity index (χ1v) is 5.65. The van der Waals surface area contributed by atoms with Gasteiger partial charge in [0.25, 0.3) is 0 Å². The van der Waals surface area contributed by atoms with E-state index in [1.54, 1.807) is 13.0 Å². The predicted octanol–water partition coefficient (Wildman–Crippen LogP) is 0.387. The minimum Gasteiger partial charge on any atom is -0.389 e. The van der Waals surface area contributed by atoms with Crippen molar-refractivity contribution in [2.75, 3.05) is 18.0 Å². The molecule has 2 rings (SSSR count). The third kappa shape index (κ3) is 2.41. The number of benzene rings is 1. The highest BCUT2D eigenvalue weighted by Crippen LogP contribution is 2.29. The zero-order valence-corrected chi connectivity index (χ0v) is 9.68. The van der Waals surface area contributed by atoms with Gasteiger partial charge in [-0.3, -0.25) is 0 Å².